The van der Waals surface area contributed by atoms with Crippen LogP contribution in [0.5, 0.6) is 5.75 Å². The fourth-order valence-electron chi connectivity index (χ4n) is 3.76. The van der Waals surface area contributed by atoms with Gasteiger partial charge in [-0.05, 0) is 45.9 Å². The van der Waals surface area contributed by atoms with Crippen LogP contribution in [0.1, 0.15) is 41.2 Å². The number of carbonyl (C=O) groups is 1. The Morgan fingerprint density at radius 1 is 1.30 bits per heavy atom. The minimum Gasteiger partial charge on any atom is -0.490 e. The van der Waals surface area contributed by atoms with E-state index in [1.165, 1.54) is 0 Å². The zero-order valence-electron chi connectivity index (χ0n) is 18.9. The van der Waals surface area contributed by atoms with Crippen molar-refractivity contribution in [2.75, 3.05) is 11.3 Å². The summed E-state index contributed by atoms with van der Waals surface area (Å²) in [6, 6.07) is 6.61. The Morgan fingerprint density at radius 2 is 2.03 bits per heavy atom. The first-order valence-corrected chi connectivity index (χ1v) is 11.6. The molecule has 0 fully saturated rings. The minimum atomic E-state index is -3.89. The zero-order chi connectivity index (χ0) is 24.1. The molecular formula is C21H25N7O4S. The number of amides is 1. The molecule has 1 aliphatic rings. The third-order valence-corrected chi connectivity index (χ3v) is 6.04. The fraction of sp³-hybridized carbons (Fsp3) is 0.333. The van der Waals surface area contributed by atoms with E-state index in [9.17, 15) is 13.2 Å². The first-order chi connectivity index (χ1) is 15.4. The van der Waals surface area contributed by atoms with E-state index in [-0.39, 0.29) is 24.0 Å². The summed E-state index contributed by atoms with van der Waals surface area (Å²) in [4.78, 5) is 17.7. The number of pyridine rings is 1. The van der Waals surface area contributed by atoms with Crippen molar-refractivity contribution in [3.05, 3.63) is 46.8 Å². The maximum absolute atomic E-state index is 13.2. The number of ether oxygens (including phenoxy) is 1. The van der Waals surface area contributed by atoms with E-state index in [1.807, 2.05) is 27.7 Å². The topological polar surface area (TPSA) is 154 Å². The van der Waals surface area contributed by atoms with Crippen molar-refractivity contribution in [2.45, 2.75) is 33.2 Å². The average molecular weight is 472 g/mol. The smallest absolute Gasteiger partial charge is 0.344 e. The quantitative estimate of drug-likeness (QED) is 0.510. The van der Waals surface area contributed by atoms with Gasteiger partial charge in [-0.15, -0.1) is 4.40 Å². The third kappa shape index (κ3) is 4.33. The van der Waals surface area contributed by atoms with E-state index in [0.29, 0.717) is 39.3 Å². The predicted octanol–water partition coefficient (Wildman–Crippen LogP) is 1.55. The van der Waals surface area contributed by atoms with Crippen LogP contribution in [0.2, 0.25) is 0 Å². The van der Waals surface area contributed by atoms with Crippen molar-refractivity contribution >= 4 is 38.7 Å². The second-order valence-corrected chi connectivity index (χ2v) is 9.91. The van der Waals surface area contributed by atoms with Crippen LogP contribution in [0.25, 0.3) is 11.0 Å². The number of nitrogens with two attached hydrogens (primary N) is 1. The van der Waals surface area contributed by atoms with E-state index >= 15 is 0 Å². The van der Waals surface area contributed by atoms with Crippen molar-refractivity contribution < 1.29 is 17.9 Å². The molecule has 3 aromatic rings. The number of aryl methyl sites for hydroxylation is 3. The van der Waals surface area contributed by atoms with Crippen LogP contribution >= 0.6 is 0 Å². The number of benzene rings is 1. The van der Waals surface area contributed by atoms with Gasteiger partial charge in [-0.25, -0.2) is 4.98 Å². The van der Waals surface area contributed by atoms with E-state index in [0.717, 1.165) is 0 Å². The summed E-state index contributed by atoms with van der Waals surface area (Å²) in [7, 11) is -2.10. The molecule has 174 valence electrons. The first kappa shape index (κ1) is 22.5. The molecule has 0 aliphatic carbocycles. The molecule has 0 saturated heterocycles. The van der Waals surface area contributed by atoms with Gasteiger partial charge in [0.1, 0.15) is 12.4 Å². The van der Waals surface area contributed by atoms with E-state index in [1.54, 1.807) is 36.0 Å². The van der Waals surface area contributed by atoms with Crippen LogP contribution < -0.4 is 20.5 Å². The summed E-state index contributed by atoms with van der Waals surface area (Å²) in [6.45, 7) is 7.40. The number of aromatic nitrogens is 3. The summed E-state index contributed by atoms with van der Waals surface area (Å²) < 4.78 is 37.0. The average Bonchev–Trinajstić information content (AvgIpc) is 2.97. The van der Waals surface area contributed by atoms with Crippen LogP contribution in [0.15, 0.2) is 28.7 Å². The Morgan fingerprint density at radius 3 is 2.76 bits per heavy atom. The maximum Gasteiger partial charge on any atom is 0.344 e. The molecule has 12 heteroatoms. The molecule has 0 saturated carbocycles. The molecule has 0 radical (unpaired) electrons. The van der Waals surface area contributed by atoms with E-state index < -0.39 is 15.7 Å². The molecule has 11 nitrogen and oxygen atoms in total. The fourth-order valence-corrected chi connectivity index (χ4v) is 4.60. The number of nitrogens with zero attached hydrogens (tertiary/aromatic N) is 4. The summed E-state index contributed by atoms with van der Waals surface area (Å²) in [5.74, 6) is -0.0919. The summed E-state index contributed by atoms with van der Waals surface area (Å²) in [5, 5.41) is 8.08. The van der Waals surface area contributed by atoms with Gasteiger partial charge in [-0.2, -0.15) is 13.5 Å². The number of rotatable bonds is 5. The standard InChI is InChI=1S/C21H25N7O4S/c1-11-9-13(16-12(2)25-28(5)19(16)23-11)20(29)24-21(3,4)10-32-15-8-6-7-14-17(15)18(22)27-33(30,31)26-14/h6-9,26H,10H2,1-5H3,(H2,22,27)(H,24,29). The van der Waals surface area contributed by atoms with Gasteiger partial charge >= 0.3 is 10.2 Å². The van der Waals surface area contributed by atoms with Crippen LogP contribution in [0.4, 0.5) is 5.69 Å². The Balaban J connectivity index is 1.56. The summed E-state index contributed by atoms with van der Waals surface area (Å²) >= 11 is 0. The van der Waals surface area contributed by atoms with E-state index in [2.05, 4.69) is 24.5 Å². The van der Waals surface area contributed by atoms with Gasteiger partial charge in [0.2, 0.25) is 0 Å². The van der Waals surface area contributed by atoms with Gasteiger partial charge in [0, 0.05) is 12.7 Å². The molecule has 1 aromatic carbocycles. The van der Waals surface area contributed by atoms with Gasteiger partial charge in [-0.1, -0.05) is 6.07 Å². The lowest BCUT2D eigenvalue weighted by atomic mass is 10.0. The highest BCUT2D eigenvalue weighted by atomic mass is 32.2. The lowest BCUT2D eigenvalue weighted by Crippen LogP contribution is -2.48. The first-order valence-electron chi connectivity index (χ1n) is 10.1. The molecule has 0 atom stereocenters. The normalized spacial score (nSPS) is 14.9. The number of anilines is 1. The van der Waals surface area contributed by atoms with Crippen molar-refractivity contribution in [1.82, 2.24) is 20.1 Å². The Labute approximate surface area is 191 Å². The van der Waals surface area contributed by atoms with Crippen molar-refractivity contribution in [2.24, 2.45) is 17.2 Å². The number of hydrogen-bond acceptors (Lipinski definition) is 7. The molecular weight excluding hydrogens is 446 g/mol. The lowest BCUT2D eigenvalue weighted by Gasteiger charge is -2.28. The zero-order valence-corrected chi connectivity index (χ0v) is 19.7. The molecule has 4 N–H and O–H groups in total. The molecule has 33 heavy (non-hydrogen) atoms. The van der Waals surface area contributed by atoms with Crippen LogP contribution in [0.3, 0.4) is 0 Å². The van der Waals surface area contributed by atoms with Gasteiger partial charge in [0.15, 0.2) is 11.5 Å². The highest BCUT2D eigenvalue weighted by Crippen LogP contribution is 2.31. The van der Waals surface area contributed by atoms with Gasteiger partial charge in [-0.3, -0.25) is 14.2 Å². The number of hydrogen-bond donors (Lipinski definition) is 3. The number of fused-ring (bicyclic) bond motifs is 2. The van der Waals surface area contributed by atoms with Gasteiger partial charge in [0.05, 0.1) is 33.4 Å². The Kier molecular flexibility index (Phi) is 5.27. The maximum atomic E-state index is 13.2. The highest BCUT2D eigenvalue weighted by molar-refractivity contribution is 7.91. The monoisotopic (exact) mass is 471 g/mol. The van der Waals surface area contributed by atoms with Crippen LogP contribution in [0, 0.1) is 13.8 Å². The lowest BCUT2D eigenvalue weighted by molar-refractivity contribution is 0.0882. The molecule has 0 spiro atoms. The van der Waals surface area contributed by atoms with Crippen molar-refractivity contribution in [1.29, 1.82) is 0 Å². The molecule has 0 unspecified atom stereocenters. The molecule has 3 heterocycles. The number of amidine groups is 1. The third-order valence-electron chi connectivity index (χ3n) is 5.12. The van der Waals surface area contributed by atoms with Gasteiger partial charge in [0.25, 0.3) is 5.91 Å². The van der Waals surface area contributed by atoms with Crippen LogP contribution in [-0.4, -0.2) is 47.1 Å². The molecule has 1 aliphatic heterocycles. The number of nitrogens with one attached hydrogen (secondary N) is 2. The Hall–Kier alpha value is -3.67. The second-order valence-electron chi connectivity index (χ2n) is 8.58. The molecule has 4 rings (SSSR count). The van der Waals surface area contributed by atoms with Crippen molar-refractivity contribution in [3.8, 4) is 5.75 Å². The predicted molar refractivity (Wildman–Crippen MR) is 125 cm³/mol. The summed E-state index contributed by atoms with van der Waals surface area (Å²) in [5.41, 5.74) is 8.27. The van der Waals surface area contributed by atoms with E-state index in [4.69, 9.17) is 10.5 Å². The molecule has 1 amide bonds. The van der Waals surface area contributed by atoms with Gasteiger partial charge < -0.3 is 15.8 Å². The SMILES string of the molecule is Cc1cc(C(=O)NC(C)(C)COc2cccc3c2C(N)=NS(=O)(=O)N3)c2c(C)nn(C)c2n1. The van der Waals surface area contributed by atoms with Crippen molar-refractivity contribution in [3.63, 3.8) is 0 Å². The summed E-state index contributed by atoms with van der Waals surface area (Å²) in [6.07, 6.45) is 0. The highest BCUT2D eigenvalue weighted by Gasteiger charge is 2.28. The molecule has 2 aromatic heterocycles. The number of carbonyl (C=O) groups excluding carboxylic acids is 1. The second kappa shape index (κ2) is 7.73. The Bertz CT molecular complexity index is 1420. The largest absolute Gasteiger partial charge is 0.490 e. The van der Waals surface area contributed by atoms with Crippen LogP contribution in [-0.2, 0) is 17.3 Å². The molecule has 0 bridgehead atoms. The minimum absolute atomic E-state index is 0.0917.